The first-order valence-corrected chi connectivity index (χ1v) is 9.99. The van der Waals surface area contributed by atoms with Crippen molar-refractivity contribution in [1.29, 1.82) is 0 Å². The van der Waals surface area contributed by atoms with Crippen LogP contribution in [0.2, 0.25) is 0 Å². The molecule has 2 aromatic carbocycles. The molecule has 0 aliphatic rings. The van der Waals surface area contributed by atoms with E-state index in [1.54, 1.807) is 12.3 Å². The number of ether oxygens (including phenoxy) is 3. The number of esters is 1. The molecule has 0 aliphatic carbocycles. The van der Waals surface area contributed by atoms with E-state index in [9.17, 15) is 4.79 Å². The summed E-state index contributed by atoms with van der Waals surface area (Å²) in [7, 11) is 0. The molecule has 0 aliphatic heterocycles. The molecule has 0 radical (unpaired) electrons. The van der Waals surface area contributed by atoms with Crippen LogP contribution in [0.1, 0.15) is 31.0 Å². The van der Waals surface area contributed by atoms with Crippen molar-refractivity contribution in [3.63, 3.8) is 0 Å². The number of hydrogen-bond acceptors (Lipinski definition) is 5. The van der Waals surface area contributed by atoms with E-state index in [1.807, 2.05) is 79.7 Å². The average Bonchev–Trinajstić information content (AvgIpc) is 2.78. The van der Waals surface area contributed by atoms with E-state index in [4.69, 9.17) is 14.2 Å². The second-order valence-electron chi connectivity index (χ2n) is 6.47. The zero-order valence-electron chi connectivity index (χ0n) is 17.0. The molecular weight excluding hydrogens is 378 g/mol. The molecule has 0 amide bonds. The molecule has 5 heteroatoms. The molecule has 0 saturated heterocycles. The summed E-state index contributed by atoms with van der Waals surface area (Å²) < 4.78 is 16.8. The maximum absolute atomic E-state index is 12.2. The maximum Gasteiger partial charge on any atom is 0.311 e. The highest BCUT2D eigenvalue weighted by atomic mass is 16.6. The van der Waals surface area contributed by atoms with Gasteiger partial charge in [0.05, 0.1) is 18.9 Å². The molecule has 0 N–H and O–H groups in total. The summed E-state index contributed by atoms with van der Waals surface area (Å²) in [6.07, 6.45) is 6.45. The van der Waals surface area contributed by atoms with E-state index < -0.39 is 0 Å². The second-order valence-corrected chi connectivity index (χ2v) is 6.47. The van der Waals surface area contributed by atoms with Crippen molar-refractivity contribution in [1.82, 2.24) is 4.98 Å². The lowest BCUT2D eigenvalue weighted by molar-refractivity contribution is -0.134. The molecule has 0 spiro atoms. The Kier molecular flexibility index (Phi) is 8.03. The Labute approximate surface area is 176 Å². The minimum absolute atomic E-state index is 0.264. The van der Waals surface area contributed by atoms with Crippen molar-refractivity contribution in [2.45, 2.75) is 19.8 Å². The Morgan fingerprint density at radius 1 is 0.933 bits per heavy atom. The fourth-order valence-corrected chi connectivity index (χ4v) is 2.73. The van der Waals surface area contributed by atoms with Crippen LogP contribution < -0.4 is 14.2 Å². The quantitative estimate of drug-likeness (QED) is 0.257. The first kappa shape index (κ1) is 21.1. The molecule has 0 saturated carbocycles. The molecule has 5 nitrogen and oxygen atoms in total. The molecular formula is C25H25NO4. The van der Waals surface area contributed by atoms with Crippen LogP contribution in [-0.2, 0) is 4.79 Å². The molecule has 154 valence electrons. The molecule has 3 aromatic rings. The van der Waals surface area contributed by atoms with Gasteiger partial charge >= 0.3 is 5.97 Å². The van der Waals surface area contributed by atoms with Crippen molar-refractivity contribution in [3.8, 4) is 17.2 Å². The summed E-state index contributed by atoms with van der Waals surface area (Å²) >= 11 is 0. The highest BCUT2D eigenvalue weighted by Crippen LogP contribution is 2.29. The van der Waals surface area contributed by atoms with Gasteiger partial charge < -0.3 is 14.2 Å². The van der Waals surface area contributed by atoms with Gasteiger partial charge in [0.25, 0.3) is 0 Å². The lowest BCUT2D eigenvalue weighted by Crippen LogP contribution is -2.11. The Morgan fingerprint density at radius 3 is 2.53 bits per heavy atom. The van der Waals surface area contributed by atoms with Crippen LogP contribution >= 0.6 is 0 Å². The van der Waals surface area contributed by atoms with Gasteiger partial charge in [0.2, 0.25) is 0 Å². The fourth-order valence-electron chi connectivity index (χ4n) is 2.73. The minimum atomic E-state index is -0.315. The van der Waals surface area contributed by atoms with Gasteiger partial charge in [-0.25, -0.2) is 0 Å². The summed E-state index contributed by atoms with van der Waals surface area (Å²) in [5, 5.41) is 0. The van der Waals surface area contributed by atoms with Gasteiger partial charge in [-0.3, -0.25) is 9.78 Å². The predicted molar refractivity (Wildman–Crippen MR) is 118 cm³/mol. The maximum atomic E-state index is 12.2. The van der Waals surface area contributed by atoms with Crippen molar-refractivity contribution in [2.24, 2.45) is 0 Å². The van der Waals surface area contributed by atoms with Crippen LogP contribution in [0.5, 0.6) is 17.2 Å². The number of benzene rings is 2. The van der Waals surface area contributed by atoms with Gasteiger partial charge in [0.15, 0.2) is 11.5 Å². The van der Waals surface area contributed by atoms with Gasteiger partial charge in [-0.1, -0.05) is 36.4 Å². The Balaban J connectivity index is 1.55. The van der Waals surface area contributed by atoms with Gasteiger partial charge in [-0.05, 0) is 61.4 Å². The van der Waals surface area contributed by atoms with Gasteiger partial charge in [0, 0.05) is 12.6 Å². The zero-order valence-corrected chi connectivity index (χ0v) is 17.0. The summed E-state index contributed by atoms with van der Waals surface area (Å²) in [5.74, 6) is 1.43. The lowest BCUT2D eigenvalue weighted by Gasteiger charge is -2.11. The van der Waals surface area contributed by atoms with E-state index >= 15 is 0 Å². The first-order chi connectivity index (χ1) is 14.7. The summed E-state index contributed by atoms with van der Waals surface area (Å²) in [6, 6.07) is 20.7. The molecule has 0 unspecified atom stereocenters. The largest absolute Gasteiger partial charge is 0.494 e. The Bertz CT molecular complexity index is 955. The number of hydrogen-bond donors (Lipinski definition) is 0. The van der Waals surface area contributed by atoms with E-state index in [2.05, 4.69) is 4.98 Å². The predicted octanol–water partition coefficient (Wildman–Crippen LogP) is 5.42. The van der Waals surface area contributed by atoms with Gasteiger partial charge in [-0.2, -0.15) is 0 Å². The fraction of sp³-hybridized carbons (Fsp3) is 0.200. The molecule has 1 aromatic heterocycles. The minimum Gasteiger partial charge on any atom is -0.494 e. The summed E-state index contributed by atoms with van der Waals surface area (Å²) in [5.41, 5.74) is 1.80. The van der Waals surface area contributed by atoms with E-state index in [1.165, 1.54) is 0 Å². The van der Waals surface area contributed by atoms with Crippen molar-refractivity contribution in [3.05, 3.63) is 84.2 Å². The van der Waals surface area contributed by atoms with Crippen molar-refractivity contribution >= 4 is 18.1 Å². The van der Waals surface area contributed by atoms with E-state index in [0.29, 0.717) is 31.1 Å². The number of pyridine rings is 1. The average molecular weight is 403 g/mol. The first-order valence-electron chi connectivity index (χ1n) is 9.99. The molecule has 0 bridgehead atoms. The van der Waals surface area contributed by atoms with Crippen molar-refractivity contribution in [2.75, 3.05) is 13.2 Å². The molecule has 30 heavy (non-hydrogen) atoms. The van der Waals surface area contributed by atoms with Crippen LogP contribution in [0.4, 0.5) is 0 Å². The normalized spacial score (nSPS) is 10.7. The summed E-state index contributed by atoms with van der Waals surface area (Å²) in [6.45, 7) is 2.82. The molecule has 3 rings (SSSR count). The third-order valence-corrected chi connectivity index (χ3v) is 4.16. The van der Waals surface area contributed by atoms with E-state index in [-0.39, 0.29) is 12.4 Å². The number of rotatable bonds is 10. The third kappa shape index (κ3) is 6.78. The zero-order chi connectivity index (χ0) is 21.0. The van der Waals surface area contributed by atoms with Crippen LogP contribution in [0.15, 0.2) is 72.9 Å². The number of carbonyl (C=O) groups is 1. The molecule has 0 fully saturated rings. The number of nitrogens with zero attached hydrogens (tertiary/aromatic N) is 1. The van der Waals surface area contributed by atoms with Crippen molar-refractivity contribution < 1.29 is 19.0 Å². The van der Waals surface area contributed by atoms with Gasteiger partial charge in [-0.15, -0.1) is 0 Å². The third-order valence-electron chi connectivity index (χ3n) is 4.16. The SMILES string of the molecule is CCOc1cc(/C=C/c2ccccn2)ccc1OC(=O)CCCOc1ccccc1. The topological polar surface area (TPSA) is 57.7 Å². The van der Waals surface area contributed by atoms with Crippen LogP contribution in [0.3, 0.4) is 0 Å². The number of para-hydroxylation sites is 1. The monoisotopic (exact) mass is 403 g/mol. The number of carbonyl (C=O) groups excluding carboxylic acids is 1. The Hall–Kier alpha value is -3.60. The number of aromatic nitrogens is 1. The molecule has 0 atom stereocenters. The van der Waals surface area contributed by atoms with Crippen LogP contribution in [0, 0.1) is 0 Å². The molecule has 1 heterocycles. The smallest absolute Gasteiger partial charge is 0.311 e. The van der Waals surface area contributed by atoms with Crippen LogP contribution in [-0.4, -0.2) is 24.2 Å². The standard InChI is InChI=1S/C25H25NO4/c1-2-28-24-19-20(13-15-21-9-6-7-17-26-21)14-16-23(24)30-25(27)12-8-18-29-22-10-4-3-5-11-22/h3-7,9-11,13-17,19H,2,8,12,18H2,1H3/b15-13+. The summed E-state index contributed by atoms with van der Waals surface area (Å²) in [4.78, 5) is 16.5. The van der Waals surface area contributed by atoms with Crippen LogP contribution in [0.25, 0.3) is 12.2 Å². The lowest BCUT2D eigenvalue weighted by atomic mass is 10.1. The van der Waals surface area contributed by atoms with Gasteiger partial charge in [0.1, 0.15) is 5.75 Å². The highest BCUT2D eigenvalue weighted by molar-refractivity contribution is 5.74. The Morgan fingerprint density at radius 2 is 1.77 bits per heavy atom. The van der Waals surface area contributed by atoms with E-state index in [0.717, 1.165) is 17.0 Å². The highest BCUT2D eigenvalue weighted by Gasteiger charge is 2.11. The second kappa shape index (κ2) is 11.4.